The third-order valence-electron chi connectivity index (χ3n) is 5.22. The Hall–Kier alpha value is 0. The third-order valence-corrected chi connectivity index (χ3v) is 5.22. The quantitative estimate of drug-likeness (QED) is 0.489. The van der Waals surface area contributed by atoms with Gasteiger partial charge in [0.15, 0.2) is 0 Å². The molecule has 0 heteroatoms. The summed E-state index contributed by atoms with van der Waals surface area (Å²) in [5.74, 6) is 0.727. The van der Waals surface area contributed by atoms with Crippen molar-refractivity contribution in [1.82, 2.24) is 0 Å². The molecule has 0 aromatic rings. The van der Waals surface area contributed by atoms with Gasteiger partial charge in [0, 0.05) is 0 Å². The third kappa shape index (κ3) is 6.32. The first kappa shape index (κ1) is 19.0. The smallest absolute Gasteiger partial charge is 0.0318 e. The van der Waals surface area contributed by atoms with Crippen LogP contribution >= 0.6 is 0 Å². The van der Waals surface area contributed by atoms with Gasteiger partial charge >= 0.3 is 0 Å². The van der Waals surface area contributed by atoms with Gasteiger partial charge in [-0.2, -0.15) is 0 Å². The van der Waals surface area contributed by atoms with Gasteiger partial charge in [-0.3, -0.25) is 0 Å². The molecule has 19 heavy (non-hydrogen) atoms. The van der Waals surface area contributed by atoms with Crippen LogP contribution in [0.3, 0.4) is 0 Å². The van der Waals surface area contributed by atoms with Crippen molar-refractivity contribution in [3.05, 3.63) is 0 Å². The van der Waals surface area contributed by atoms with Gasteiger partial charge < -0.3 is 0 Å². The maximum atomic E-state index is 2.47. The standard InChI is InChI=1S/C19H40/c1-12-17(6,7)14-19(10,11)15(2)18(8,9)13-16(3,4)5/h15H,12-14H2,1-11H3. The first-order chi connectivity index (χ1) is 8.13. The molecule has 0 aliphatic carbocycles. The van der Waals surface area contributed by atoms with Crippen molar-refractivity contribution in [1.29, 1.82) is 0 Å². The van der Waals surface area contributed by atoms with Gasteiger partial charge in [-0.1, -0.05) is 82.6 Å². The van der Waals surface area contributed by atoms with E-state index in [4.69, 9.17) is 0 Å². The van der Waals surface area contributed by atoms with Gasteiger partial charge in [-0.25, -0.2) is 0 Å². The summed E-state index contributed by atoms with van der Waals surface area (Å²) < 4.78 is 0. The lowest BCUT2D eigenvalue weighted by molar-refractivity contribution is 0.0207. The number of rotatable bonds is 6. The number of hydrogen-bond donors (Lipinski definition) is 0. The summed E-state index contributed by atoms with van der Waals surface area (Å²) in [5, 5.41) is 0. The maximum Gasteiger partial charge on any atom is -0.0318 e. The molecule has 0 saturated carbocycles. The minimum atomic E-state index is 0.394. The first-order valence-electron chi connectivity index (χ1n) is 8.13. The highest BCUT2D eigenvalue weighted by atomic mass is 14.5. The van der Waals surface area contributed by atoms with Gasteiger partial charge in [0.05, 0.1) is 0 Å². The van der Waals surface area contributed by atoms with Crippen molar-refractivity contribution in [2.45, 2.75) is 95.4 Å². The Kier molecular flexibility index (Phi) is 5.78. The van der Waals surface area contributed by atoms with E-state index in [9.17, 15) is 0 Å². The minimum absolute atomic E-state index is 0.394. The average molecular weight is 269 g/mol. The Labute approximate surface area is 123 Å². The van der Waals surface area contributed by atoms with Crippen molar-refractivity contribution in [3.63, 3.8) is 0 Å². The molecule has 0 aromatic carbocycles. The molecule has 0 N–H and O–H groups in total. The second-order valence-corrected chi connectivity index (χ2v) is 10.1. The second-order valence-electron chi connectivity index (χ2n) is 10.1. The van der Waals surface area contributed by atoms with Crippen LogP contribution in [0.2, 0.25) is 0 Å². The molecule has 1 atom stereocenters. The molecule has 0 aliphatic rings. The summed E-state index contributed by atoms with van der Waals surface area (Å²) >= 11 is 0. The molecule has 0 bridgehead atoms. The van der Waals surface area contributed by atoms with Crippen molar-refractivity contribution in [2.75, 3.05) is 0 Å². The molecule has 0 aromatic heterocycles. The van der Waals surface area contributed by atoms with Crippen LogP contribution in [0, 0.1) is 27.6 Å². The monoisotopic (exact) mass is 268 g/mol. The lowest BCUT2D eigenvalue weighted by atomic mass is 9.57. The zero-order valence-electron chi connectivity index (χ0n) is 15.7. The molecule has 0 amide bonds. The Morgan fingerprint density at radius 2 is 1.05 bits per heavy atom. The van der Waals surface area contributed by atoms with Crippen molar-refractivity contribution in [3.8, 4) is 0 Å². The molecule has 0 heterocycles. The highest BCUT2D eigenvalue weighted by Gasteiger charge is 2.41. The van der Waals surface area contributed by atoms with Crippen LogP contribution in [0.25, 0.3) is 0 Å². The molecule has 0 spiro atoms. The van der Waals surface area contributed by atoms with E-state index in [1.165, 1.54) is 19.3 Å². The van der Waals surface area contributed by atoms with E-state index in [0.29, 0.717) is 21.7 Å². The second kappa shape index (κ2) is 5.78. The molecule has 0 nitrogen and oxygen atoms in total. The molecule has 116 valence electrons. The summed E-state index contributed by atoms with van der Waals surface area (Å²) in [6.45, 7) is 26.6. The number of hydrogen-bond acceptors (Lipinski definition) is 0. The molecule has 1 unspecified atom stereocenters. The Morgan fingerprint density at radius 3 is 1.37 bits per heavy atom. The maximum absolute atomic E-state index is 2.47. The summed E-state index contributed by atoms with van der Waals surface area (Å²) in [6, 6.07) is 0. The van der Waals surface area contributed by atoms with Crippen LogP contribution in [0.15, 0.2) is 0 Å². The Morgan fingerprint density at radius 1 is 0.684 bits per heavy atom. The Bertz CT molecular complexity index is 273. The fraction of sp³-hybridized carbons (Fsp3) is 1.00. The summed E-state index contributed by atoms with van der Waals surface area (Å²) in [6.07, 6.45) is 3.87. The lowest BCUT2D eigenvalue weighted by Crippen LogP contribution is -2.39. The van der Waals surface area contributed by atoms with E-state index in [1.54, 1.807) is 0 Å². The van der Waals surface area contributed by atoms with E-state index < -0.39 is 0 Å². The highest BCUT2D eigenvalue weighted by Crippen LogP contribution is 2.50. The van der Waals surface area contributed by atoms with E-state index in [1.807, 2.05) is 0 Å². The zero-order chi connectivity index (χ0) is 15.7. The van der Waals surface area contributed by atoms with Crippen molar-refractivity contribution >= 4 is 0 Å². The van der Waals surface area contributed by atoms with Crippen LogP contribution in [0.4, 0.5) is 0 Å². The predicted molar refractivity (Wildman–Crippen MR) is 89.5 cm³/mol. The van der Waals surface area contributed by atoms with Gasteiger partial charge in [-0.15, -0.1) is 0 Å². The fourth-order valence-electron chi connectivity index (χ4n) is 4.09. The molecule has 0 rings (SSSR count). The summed E-state index contributed by atoms with van der Waals surface area (Å²) in [4.78, 5) is 0. The predicted octanol–water partition coefficient (Wildman–Crippen LogP) is 6.94. The largest absolute Gasteiger partial charge is 0.0649 e. The van der Waals surface area contributed by atoms with Crippen LogP contribution < -0.4 is 0 Å². The minimum Gasteiger partial charge on any atom is -0.0649 e. The van der Waals surface area contributed by atoms with Crippen LogP contribution in [-0.4, -0.2) is 0 Å². The van der Waals surface area contributed by atoms with Crippen LogP contribution in [0.5, 0.6) is 0 Å². The average Bonchev–Trinajstić information content (AvgIpc) is 2.11. The molecule has 0 aliphatic heterocycles. The molecular formula is C19H40. The van der Waals surface area contributed by atoms with E-state index in [0.717, 1.165) is 5.92 Å². The fourth-order valence-corrected chi connectivity index (χ4v) is 4.09. The van der Waals surface area contributed by atoms with Gasteiger partial charge in [-0.05, 0) is 40.4 Å². The zero-order valence-corrected chi connectivity index (χ0v) is 15.7. The Balaban J connectivity index is 5.01. The van der Waals surface area contributed by atoms with Crippen LogP contribution in [0.1, 0.15) is 95.4 Å². The highest BCUT2D eigenvalue weighted by molar-refractivity contribution is 4.91. The van der Waals surface area contributed by atoms with Crippen LogP contribution in [-0.2, 0) is 0 Å². The summed E-state index contributed by atoms with van der Waals surface area (Å²) in [5.41, 5.74) is 1.66. The van der Waals surface area contributed by atoms with Crippen molar-refractivity contribution in [2.24, 2.45) is 27.6 Å². The van der Waals surface area contributed by atoms with Gasteiger partial charge in [0.1, 0.15) is 0 Å². The first-order valence-corrected chi connectivity index (χ1v) is 8.13. The van der Waals surface area contributed by atoms with Crippen molar-refractivity contribution < 1.29 is 0 Å². The summed E-state index contributed by atoms with van der Waals surface area (Å²) in [7, 11) is 0. The van der Waals surface area contributed by atoms with Gasteiger partial charge in [0.25, 0.3) is 0 Å². The lowest BCUT2D eigenvalue weighted by Gasteiger charge is -2.48. The van der Waals surface area contributed by atoms with E-state index in [2.05, 4.69) is 76.2 Å². The van der Waals surface area contributed by atoms with E-state index >= 15 is 0 Å². The molecule has 0 radical (unpaired) electrons. The normalized spacial score (nSPS) is 16.6. The molecule has 0 saturated heterocycles. The SMILES string of the molecule is CCC(C)(C)CC(C)(C)C(C)C(C)(C)CC(C)(C)C. The van der Waals surface area contributed by atoms with E-state index in [-0.39, 0.29) is 0 Å². The molecule has 0 fully saturated rings. The van der Waals surface area contributed by atoms with Gasteiger partial charge in [0.2, 0.25) is 0 Å². The molecular weight excluding hydrogens is 228 g/mol. The topological polar surface area (TPSA) is 0 Å².